The first kappa shape index (κ1) is 17.5. The number of carbonyl (C=O) groups is 2. The van der Waals surface area contributed by atoms with Crippen molar-refractivity contribution in [2.45, 2.75) is 38.5 Å². The third-order valence-electron chi connectivity index (χ3n) is 4.45. The number of hydrogen-bond donors (Lipinski definition) is 1. The first-order chi connectivity index (χ1) is 12.1. The fourth-order valence-electron chi connectivity index (χ4n) is 3.11. The molecule has 0 unspecified atom stereocenters. The van der Waals surface area contributed by atoms with Crippen LogP contribution in [-0.2, 0) is 11.2 Å². The van der Waals surface area contributed by atoms with Gasteiger partial charge in [-0.15, -0.1) is 0 Å². The fourth-order valence-corrected chi connectivity index (χ4v) is 3.28. The van der Waals surface area contributed by atoms with Gasteiger partial charge in [-0.1, -0.05) is 31.4 Å². The summed E-state index contributed by atoms with van der Waals surface area (Å²) in [6.45, 7) is 0. The van der Waals surface area contributed by atoms with Crippen LogP contribution >= 0.6 is 11.6 Å². The monoisotopic (exact) mass is 357 g/mol. The number of benzene rings is 1. The minimum atomic E-state index is -0.0801. The summed E-state index contributed by atoms with van der Waals surface area (Å²) in [6.07, 6.45) is 6.98. The molecule has 1 aromatic heterocycles. The Balaban J connectivity index is 1.66. The second-order valence-electron chi connectivity index (χ2n) is 6.32. The van der Waals surface area contributed by atoms with Crippen molar-refractivity contribution in [1.29, 1.82) is 0 Å². The number of aromatic nitrogens is 2. The number of anilines is 1. The Morgan fingerprint density at radius 3 is 2.72 bits per heavy atom. The van der Waals surface area contributed by atoms with E-state index < -0.39 is 0 Å². The van der Waals surface area contributed by atoms with Crippen LogP contribution in [0.2, 0.25) is 5.28 Å². The van der Waals surface area contributed by atoms with E-state index in [1.165, 1.54) is 12.6 Å². The number of halogens is 1. The van der Waals surface area contributed by atoms with Crippen LogP contribution in [-0.4, -0.2) is 21.7 Å². The second kappa shape index (κ2) is 8.21. The van der Waals surface area contributed by atoms with E-state index in [0.29, 0.717) is 16.9 Å². The van der Waals surface area contributed by atoms with Gasteiger partial charge in [0.1, 0.15) is 0 Å². The van der Waals surface area contributed by atoms with Gasteiger partial charge in [0, 0.05) is 23.4 Å². The van der Waals surface area contributed by atoms with Gasteiger partial charge in [-0.2, -0.15) is 0 Å². The second-order valence-corrected chi connectivity index (χ2v) is 6.66. The third kappa shape index (κ3) is 4.86. The number of amides is 1. The number of hydrogen-bond acceptors (Lipinski definition) is 4. The molecular weight excluding hydrogens is 338 g/mol. The first-order valence-electron chi connectivity index (χ1n) is 8.53. The molecule has 0 bridgehead atoms. The summed E-state index contributed by atoms with van der Waals surface area (Å²) >= 11 is 5.75. The molecule has 1 aromatic carbocycles. The predicted molar refractivity (Wildman–Crippen MR) is 96.7 cm³/mol. The van der Waals surface area contributed by atoms with Crippen molar-refractivity contribution in [3.8, 4) is 0 Å². The molecule has 6 heteroatoms. The molecule has 3 rings (SSSR count). The van der Waals surface area contributed by atoms with E-state index in [0.717, 1.165) is 25.7 Å². The average Bonchev–Trinajstić information content (AvgIpc) is 2.62. The van der Waals surface area contributed by atoms with Gasteiger partial charge in [0.05, 0.1) is 12.1 Å². The van der Waals surface area contributed by atoms with Crippen molar-refractivity contribution < 1.29 is 9.59 Å². The normalized spacial score (nSPS) is 14.9. The Hall–Kier alpha value is -2.27. The zero-order valence-electron chi connectivity index (χ0n) is 13.9. The Morgan fingerprint density at radius 2 is 1.96 bits per heavy atom. The Kier molecular flexibility index (Phi) is 5.76. The van der Waals surface area contributed by atoms with Crippen molar-refractivity contribution in [2.75, 3.05) is 5.32 Å². The fraction of sp³-hybridized carbons (Fsp3) is 0.368. The van der Waals surface area contributed by atoms with Gasteiger partial charge in [-0.05, 0) is 42.6 Å². The van der Waals surface area contributed by atoms with E-state index in [2.05, 4.69) is 15.3 Å². The van der Waals surface area contributed by atoms with E-state index in [9.17, 15) is 9.59 Å². The summed E-state index contributed by atoms with van der Waals surface area (Å²) in [5, 5.41) is 3.07. The van der Waals surface area contributed by atoms with Gasteiger partial charge in [0.15, 0.2) is 5.78 Å². The van der Waals surface area contributed by atoms with E-state index >= 15 is 0 Å². The van der Waals surface area contributed by atoms with E-state index in [1.54, 1.807) is 30.3 Å². The van der Waals surface area contributed by atoms with Crippen LogP contribution in [0, 0.1) is 5.92 Å². The van der Waals surface area contributed by atoms with Crippen LogP contribution in [0.15, 0.2) is 36.5 Å². The molecule has 1 fully saturated rings. The summed E-state index contributed by atoms with van der Waals surface area (Å²) in [4.78, 5) is 32.6. The molecule has 0 aliphatic heterocycles. The van der Waals surface area contributed by atoms with Crippen LogP contribution in [0.1, 0.15) is 48.2 Å². The van der Waals surface area contributed by atoms with E-state index in [1.807, 2.05) is 0 Å². The standard InChI is InChI=1S/C19H20ClN3O2/c20-19-21-10-9-16(23-19)12-17(24)14-7-4-8-15(11-14)22-18(25)13-5-2-1-3-6-13/h4,7-11,13H,1-3,5-6,12H2,(H,22,25). The Bertz CT molecular complexity index is 773. The van der Waals surface area contributed by atoms with Gasteiger partial charge in [-0.25, -0.2) is 9.97 Å². The minimum Gasteiger partial charge on any atom is -0.326 e. The maximum atomic E-state index is 12.4. The van der Waals surface area contributed by atoms with Crippen molar-refractivity contribution in [3.05, 3.63) is 53.1 Å². The number of rotatable bonds is 5. The lowest BCUT2D eigenvalue weighted by Crippen LogP contribution is -2.24. The molecule has 5 nitrogen and oxygen atoms in total. The Labute approximate surface area is 151 Å². The lowest BCUT2D eigenvalue weighted by atomic mass is 9.88. The number of Topliss-reactive ketones (excluding diaryl/α,β-unsaturated/α-hetero) is 1. The number of nitrogens with one attached hydrogen (secondary N) is 1. The largest absolute Gasteiger partial charge is 0.326 e. The Morgan fingerprint density at radius 1 is 1.16 bits per heavy atom. The van der Waals surface area contributed by atoms with Crippen molar-refractivity contribution in [1.82, 2.24) is 9.97 Å². The zero-order chi connectivity index (χ0) is 17.6. The number of carbonyl (C=O) groups excluding carboxylic acids is 2. The molecule has 1 N–H and O–H groups in total. The molecule has 1 aliphatic rings. The molecule has 25 heavy (non-hydrogen) atoms. The summed E-state index contributed by atoms with van der Waals surface area (Å²) in [5.74, 6) is 0.0479. The predicted octanol–water partition coefficient (Wildman–Crippen LogP) is 4.07. The summed E-state index contributed by atoms with van der Waals surface area (Å²) in [6, 6.07) is 8.70. The molecule has 0 saturated heterocycles. The lowest BCUT2D eigenvalue weighted by molar-refractivity contribution is -0.120. The molecule has 0 atom stereocenters. The summed E-state index contributed by atoms with van der Waals surface area (Å²) in [7, 11) is 0. The van der Waals surface area contributed by atoms with Crippen LogP contribution in [0.25, 0.3) is 0 Å². The molecule has 1 heterocycles. The van der Waals surface area contributed by atoms with Gasteiger partial charge < -0.3 is 5.32 Å². The van der Waals surface area contributed by atoms with Crippen LogP contribution in [0.3, 0.4) is 0 Å². The van der Waals surface area contributed by atoms with Gasteiger partial charge in [0.2, 0.25) is 11.2 Å². The van der Waals surface area contributed by atoms with Gasteiger partial charge >= 0.3 is 0 Å². The smallest absolute Gasteiger partial charge is 0.227 e. The third-order valence-corrected chi connectivity index (χ3v) is 4.64. The SMILES string of the molecule is O=C(Cc1ccnc(Cl)n1)c1cccc(NC(=O)C2CCCCC2)c1. The minimum absolute atomic E-state index is 0.0480. The highest BCUT2D eigenvalue weighted by molar-refractivity contribution is 6.28. The molecule has 1 aliphatic carbocycles. The quantitative estimate of drug-likeness (QED) is 0.646. The maximum Gasteiger partial charge on any atom is 0.227 e. The molecule has 2 aromatic rings. The van der Waals surface area contributed by atoms with Gasteiger partial charge in [0.25, 0.3) is 0 Å². The molecule has 130 valence electrons. The summed E-state index contributed by atoms with van der Waals surface area (Å²) < 4.78 is 0. The molecule has 1 amide bonds. The van der Waals surface area contributed by atoms with Crippen molar-refractivity contribution in [2.24, 2.45) is 5.92 Å². The summed E-state index contributed by atoms with van der Waals surface area (Å²) in [5.41, 5.74) is 1.76. The van der Waals surface area contributed by atoms with Crippen LogP contribution < -0.4 is 5.32 Å². The lowest BCUT2D eigenvalue weighted by Gasteiger charge is -2.20. The van der Waals surface area contributed by atoms with Crippen LogP contribution in [0.5, 0.6) is 0 Å². The first-order valence-corrected chi connectivity index (χ1v) is 8.91. The maximum absolute atomic E-state index is 12.4. The van der Waals surface area contributed by atoms with E-state index in [4.69, 9.17) is 11.6 Å². The molecule has 0 radical (unpaired) electrons. The average molecular weight is 358 g/mol. The van der Waals surface area contributed by atoms with Crippen molar-refractivity contribution >= 4 is 29.0 Å². The van der Waals surface area contributed by atoms with Crippen molar-refractivity contribution in [3.63, 3.8) is 0 Å². The van der Waals surface area contributed by atoms with E-state index in [-0.39, 0.29) is 29.3 Å². The highest BCUT2D eigenvalue weighted by Gasteiger charge is 2.21. The zero-order valence-corrected chi connectivity index (χ0v) is 14.6. The topological polar surface area (TPSA) is 72.0 Å². The molecule has 1 saturated carbocycles. The highest BCUT2D eigenvalue weighted by atomic mass is 35.5. The number of nitrogens with zero attached hydrogens (tertiary/aromatic N) is 2. The highest BCUT2D eigenvalue weighted by Crippen LogP contribution is 2.25. The molecule has 0 spiro atoms. The van der Waals surface area contributed by atoms with Gasteiger partial charge in [-0.3, -0.25) is 9.59 Å². The molecular formula is C19H20ClN3O2. The van der Waals surface area contributed by atoms with Crippen LogP contribution in [0.4, 0.5) is 5.69 Å². The number of ketones is 1.